The lowest BCUT2D eigenvalue weighted by Gasteiger charge is -2.40. The summed E-state index contributed by atoms with van der Waals surface area (Å²) in [5.74, 6) is 7.34. The van der Waals surface area contributed by atoms with Crippen molar-refractivity contribution >= 4 is 11.9 Å². The number of furan rings is 1. The lowest BCUT2D eigenvalue weighted by molar-refractivity contribution is -0.134. The molecule has 2 aliphatic heterocycles. The molecule has 2 aliphatic rings. The second-order valence-electron chi connectivity index (χ2n) is 9.06. The molecular weight excluding hydrogens is 430 g/mol. The van der Waals surface area contributed by atoms with E-state index < -0.39 is 5.54 Å². The van der Waals surface area contributed by atoms with E-state index in [1.54, 1.807) is 14.0 Å². The van der Waals surface area contributed by atoms with Crippen LogP contribution < -0.4 is 5.32 Å². The highest BCUT2D eigenvalue weighted by Gasteiger charge is 2.55. The van der Waals surface area contributed by atoms with Crippen LogP contribution in [-0.4, -0.2) is 54.0 Å². The number of rotatable bonds is 9. The molecule has 0 bridgehead atoms. The highest BCUT2D eigenvalue weighted by molar-refractivity contribution is 6.07. The molecule has 2 saturated heterocycles. The number of ether oxygens (including phenoxy) is 1. The normalized spacial score (nSPS) is 21.4. The minimum Gasteiger partial charge on any atom is -0.462 e. The number of nitrogens with zero attached hydrogens (tertiary/aromatic N) is 2. The Morgan fingerprint density at radius 3 is 2.56 bits per heavy atom. The summed E-state index contributed by atoms with van der Waals surface area (Å²) in [5, 5.41) is 3.12. The standard InChI is InChI=1S/C27H33N3O4/c1-3-4-16-30-25(31)27(28-26(30)32,15-12-21-8-6-5-7-9-21)22-13-17-29(18-14-22)19-23-10-11-24(34-23)20-33-2/h5-11,22H,12-20H2,1-2H3,(H,28,32)/t27-/m0/s1. The largest absolute Gasteiger partial charge is 0.462 e. The molecule has 2 fully saturated rings. The van der Waals surface area contributed by atoms with Crippen LogP contribution in [0.2, 0.25) is 0 Å². The van der Waals surface area contributed by atoms with Crippen molar-refractivity contribution in [1.29, 1.82) is 0 Å². The number of methoxy groups -OCH3 is 1. The van der Waals surface area contributed by atoms with Crippen molar-refractivity contribution in [3.8, 4) is 11.8 Å². The molecule has 4 rings (SSSR count). The molecule has 7 nitrogen and oxygen atoms in total. The Hall–Kier alpha value is -3.08. The Morgan fingerprint density at radius 2 is 1.85 bits per heavy atom. The van der Waals surface area contributed by atoms with Crippen molar-refractivity contribution in [3.05, 3.63) is 59.5 Å². The maximum atomic E-state index is 13.6. The Balaban J connectivity index is 1.46. The smallest absolute Gasteiger partial charge is 0.325 e. The highest BCUT2D eigenvalue weighted by atomic mass is 16.5. The Morgan fingerprint density at radius 1 is 1.12 bits per heavy atom. The average molecular weight is 464 g/mol. The number of imide groups is 1. The third-order valence-electron chi connectivity index (χ3n) is 6.93. The maximum absolute atomic E-state index is 13.6. The van der Waals surface area contributed by atoms with E-state index >= 15 is 0 Å². The first-order chi connectivity index (χ1) is 16.6. The Bertz CT molecular complexity index is 1050. The first-order valence-corrected chi connectivity index (χ1v) is 11.9. The first-order valence-electron chi connectivity index (χ1n) is 11.9. The van der Waals surface area contributed by atoms with E-state index in [2.05, 4.69) is 34.2 Å². The molecule has 1 atom stereocenters. The van der Waals surface area contributed by atoms with Gasteiger partial charge in [0, 0.05) is 7.11 Å². The number of likely N-dealkylation sites (tertiary alicyclic amines) is 1. The molecule has 2 aromatic rings. The number of hydrogen-bond donors (Lipinski definition) is 1. The van der Waals surface area contributed by atoms with Crippen LogP contribution in [0.4, 0.5) is 4.79 Å². The molecule has 180 valence electrons. The Labute approximate surface area is 201 Å². The zero-order chi connectivity index (χ0) is 24.0. The van der Waals surface area contributed by atoms with Crippen LogP contribution in [0.15, 0.2) is 46.9 Å². The number of hydrogen-bond acceptors (Lipinski definition) is 5. The van der Waals surface area contributed by atoms with Crippen molar-refractivity contribution in [3.63, 3.8) is 0 Å². The van der Waals surface area contributed by atoms with Gasteiger partial charge < -0.3 is 14.5 Å². The second kappa shape index (κ2) is 10.9. The number of urea groups is 1. The minimum absolute atomic E-state index is 0.0733. The third-order valence-corrected chi connectivity index (χ3v) is 6.93. The molecule has 1 aromatic carbocycles. The van der Waals surface area contributed by atoms with Gasteiger partial charge >= 0.3 is 6.03 Å². The zero-order valence-corrected chi connectivity index (χ0v) is 20.0. The van der Waals surface area contributed by atoms with E-state index in [9.17, 15) is 9.59 Å². The average Bonchev–Trinajstić information content (AvgIpc) is 3.39. The van der Waals surface area contributed by atoms with Crippen LogP contribution in [-0.2, 0) is 29.1 Å². The van der Waals surface area contributed by atoms with Gasteiger partial charge in [-0.15, -0.1) is 5.92 Å². The maximum Gasteiger partial charge on any atom is 0.325 e. The van der Waals surface area contributed by atoms with Gasteiger partial charge in [-0.3, -0.25) is 14.6 Å². The SMILES string of the molecule is CC#CCN1C(=O)N[C@@](CCc2ccccc2)(C2CCN(Cc3ccc(COC)o3)CC2)C1=O. The van der Waals surface area contributed by atoms with Crippen LogP contribution in [0, 0.1) is 17.8 Å². The van der Waals surface area contributed by atoms with Crippen molar-refractivity contribution in [1.82, 2.24) is 15.1 Å². The van der Waals surface area contributed by atoms with Crippen molar-refractivity contribution in [2.45, 2.75) is 51.3 Å². The monoisotopic (exact) mass is 463 g/mol. The molecule has 3 heterocycles. The number of benzene rings is 1. The number of carbonyl (C=O) groups excluding carboxylic acids is 2. The van der Waals surface area contributed by atoms with Gasteiger partial charge in [-0.25, -0.2) is 4.79 Å². The van der Waals surface area contributed by atoms with Gasteiger partial charge in [-0.05, 0) is 69.3 Å². The Kier molecular flexibility index (Phi) is 7.71. The third kappa shape index (κ3) is 5.19. The van der Waals surface area contributed by atoms with Crippen LogP contribution >= 0.6 is 0 Å². The number of nitrogens with one attached hydrogen (secondary N) is 1. The van der Waals surface area contributed by atoms with E-state index in [0.717, 1.165) is 56.0 Å². The summed E-state index contributed by atoms with van der Waals surface area (Å²) in [6, 6.07) is 13.7. The van der Waals surface area contributed by atoms with Gasteiger partial charge in [0.2, 0.25) is 0 Å². The van der Waals surface area contributed by atoms with Crippen LogP contribution in [0.5, 0.6) is 0 Å². The quantitative estimate of drug-likeness (QED) is 0.454. The van der Waals surface area contributed by atoms with E-state index in [1.165, 1.54) is 4.90 Å². The number of aryl methyl sites for hydroxylation is 1. The lowest BCUT2D eigenvalue weighted by Crippen LogP contribution is -2.56. The highest BCUT2D eigenvalue weighted by Crippen LogP contribution is 2.37. The van der Waals surface area contributed by atoms with Gasteiger partial charge in [-0.1, -0.05) is 36.3 Å². The zero-order valence-electron chi connectivity index (χ0n) is 20.0. The molecular formula is C27H33N3O4. The summed E-state index contributed by atoms with van der Waals surface area (Å²) in [6.07, 6.45) is 2.98. The molecule has 0 aliphatic carbocycles. The molecule has 7 heteroatoms. The summed E-state index contributed by atoms with van der Waals surface area (Å²) >= 11 is 0. The summed E-state index contributed by atoms with van der Waals surface area (Å²) in [7, 11) is 1.65. The van der Waals surface area contributed by atoms with E-state index in [0.29, 0.717) is 13.0 Å². The summed E-state index contributed by atoms with van der Waals surface area (Å²) < 4.78 is 11.0. The first kappa shape index (κ1) is 24.1. The topological polar surface area (TPSA) is 75.0 Å². The fourth-order valence-electron chi connectivity index (χ4n) is 5.11. The summed E-state index contributed by atoms with van der Waals surface area (Å²) in [6.45, 7) is 4.73. The van der Waals surface area contributed by atoms with Crippen molar-refractivity contribution in [2.75, 3.05) is 26.7 Å². The van der Waals surface area contributed by atoms with Crippen LogP contribution in [0.25, 0.3) is 0 Å². The van der Waals surface area contributed by atoms with E-state index in [1.807, 2.05) is 30.3 Å². The van der Waals surface area contributed by atoms with Gasteiger partial charge in [0.05, 0.1) is 13.1 Å². The minimum atomic E-state index is -0.884. The second-order valence-corrected chi connectivity index (χ2v) is 9.06. The number of amides is 3. The van der Waals surface area contributed by atoms with E-state index in [-0.39, 0.29) is 24.4 Å². The number of carbonyl (C=O) groups is 2. The molecule has 1 aromatic heterocycles. The van der Waals surface area contributed by atoms with Gasteiger partial charge in [0.15, 0.2) is 0 Å². The summed E-state index contributed by atoms with van der Waals surface area (Å²) in [4.78, 5) is 30.1. The van der Waals surface area contributed by atoms with Crippen LogP contribution in [0.3, 0.4) is 0 Å². The van der Waals surface area contributed by atoms with Gasteiger partial charge in [0.1, 0.15) is 23.7 Å². The molecule has 3 amide bonds. The molecule has 0 spiro atoms. The summed E-state index contributed by atoms with van der Waals surface area (Å²) in [5.41, 5.74) is 0.280. The fraction of sp³-hybridized carbons (Fsp3) is 0.481. The predicted molar refractivity (Wildman–Crippen MR) is 129 cm³/mol. The molecule has 1 N–H and O–H groups in total. The molecule has 34 heavy (non-hydrogen) atoms. The fourth-order valence-corrected chi connectivity index (χ4v) is 5.11. The lowest BCUT2D eigenvalue weighted by atomic mass is 9.74. The molecule has 0 radical (unpaired) electrons. The van der Waals surface area contributed by atoms with Crippen LogP contribution in [0.1, 0.15) is 43.3 Å². The van der Waals surface area contributed by atoms with Crippen molar-refractivity contribution in [2.24, 2.45) is 5.92 Å². The van der Waals surface area contributed by atoms with Crippen molar-refractivity contribution < 1.29 is 18.7 Å². The molecule has 0 unspecified atom stereocenters. The predicted octanol–water partition coefficient (Wildman–Crippen LogP) is 3.58. The molecule has 0 saturated carbocycles. The van der Waals surface area contributed by atoms with E-state index in [4.69, 9.17) is 9.15 Å². The number of piperidine rings is 1. The van der Waals surface area contributed by atoms with Gasteiger partial charge in [0.25, 0.3) is 5.91 Å². The van der Waals surface area contributed by atoms with Gasteiger partial charge in [-0.2, -0.15) is 0 Å².